The summed E-state index contributed by atoms with van der Waals surface area (Å²) in [5.41, 5.74) is 3.65. The molecule has 0 unspecified atom stereocenters. The van der Waals surface area contributed by atoms with Gasteiger partial charge in [0.1, 0.15) is 12.4 Å². The molecule has 0 saturated heterocycles. The number of hydrogen-bond acceptors (Lipinski definition) is 7. The van der Waals surface area contributed by atoms with Crippen molar-refractivity contribution >= 4 is 23.4 Å². The standard InChI is InChI=1S/C28H24ClFN8O3/c1-41-28(39)33-21-7-4-18(5-8-21)20-13-32-36(14-20)25(12-17-2-3-17)23-10-6-19(15-38(23)40)26-24(37-16-31-34-35-37)11-9-22(29)27(26)30/h4-11,13-17,25H,2-3,12H2,1H3,(H,33,39)/t25-/m1/s1. The second-order valence-corrected chi connectivity index (χ2v) is 10.2. The number of carbonyl (C=O) groups is 1. The quantitative estimate of drug-likeness (QED) is 0.200. The van der Waals surface area contributed by atoms with E-state index in [0.29, 0.717) is 28.6 Å². The molecule has 0 bridgehead atoms. The van der Waals surface area contributed by atoms with Gasteiger partial charge in [-0.25, -0.2) is 9.18 Å². The maximum Gasteiger partial charge on any atom is 0.411 e. The van der Waals surface area contributed by atoms with Crippen molar-refractivity contribution in [3.63, 3.8) is 0 Å². The molecule has 1 aliphatic rings. The highest BCUT2D eigenvalue weighted by atomic mass is 35.5. The summed E-state index contributed by atoms with van der Waals surface area (Å²) in [4.78, 5) is 11.5. The molecule has 0 spiro atoms. The van der Waals surface area contributed by atoms with Crippen LogP contribution in [0.2, 0.25) is 5.02 Å². The predicted molar refractivity (Wildman–Crippen MR) is 148 cm³/mol. The SMILES string of the molecule is COC(=O)Nc1ccc(-c2cnn([C@H](CC3CC3)c3ccc(-c4c(-n5cnnn5)ccc(Cl)c4F)c[n+]3[O-])c2)cc1. The molecule has 1 N–H and O–H groups in total. The van der Waals surface area contributed by atoms with Gasteiger partial charge in [0.25, 0.3) is 0 Å². The lowest BCUT2D eigenvalue weighted by molar-refractivity contribution is -0.615. The van der Waals surface area contributed by atoms with Crippen LogP contribution in [-0.4, -0.2) is 43.2 Å². The molecule has 1 fully saturated rings. The fourth-order valence-electron chi connectivity index (χ4n) is 4.78. The molecule has 1 aliphatic carbocycles. The summed E-state index contributed by atoms with van der Waals surface area (Å²) in [5.74, 6) is -0.181. The van der Waals surface area contributed by atoms with E-state index in [2.05, 4.69) is 30.7 Å². The summed E-state index contributed by atoms with van der Waals surface area (Å²) in [6, 6.07) is 13.4. The van der Waals surface area contributed by atoms with Crippen molar-refractivity contribution in [2.75, 3.05) is 12.4 Å². The molecule has 0 radical (unpaired) electrons. The molecule has 1 amide bonds. The van der Waals surface area contributed by atoms with Crippen LogP contribution in [0.5, 0.6) is 0 Å². The average molecular weight is 575 g/mol. The van der Waals surface area contributed by atoms with Gasteiger partial charge in [-0.3, -0.25) is 10.00 Å². The van der Waals surface area contributed by atoms with Crippen LogP contribution in [0.1, 0.15) is 31.0 Å². The van der Waals surface area contributed by atoms with Crippen LogP contribution in [-0.2, 0) is 4.74 Å². The third-order valence-corrected chi connectivity index (χ3v) is 7.36. The lowest BCUT2D eigenvalue weighted by atomic mass is 10.0. The number of methoxy groups -OCH3 is 1. The van der Waals surface area contributed by atoms with Crippen LogP contribution in [0, 0.1) is 16.9 Å². The first-order chi connectivity index (χ1) is 19.9. The Kier molecular flexibility index (Phi) is 7.06. The number of benzene rings is 2. The zero-order valence-corrected chi connectivity index (χ0v) is 22.6. The van der Waals surface area contributed by atoms with E-state index in [1.54, 1.807) is 41.2 Å². The first-order valence-corrected chi connectivity index (χ1v) is 13.2. The number of carbonyl (C=O) groups excluding carboxylic acids is 1. The van der Waals surface area contributed by atoms with E-state index in [1.807, 2.05) is 18.3 Å². The third kappa shape index (κ3) is 5.46. The van der Waals surface area contributed by atoms with Crippen molar-refractivity contribution in [3.05, 3.63) is 95.2 Å². The Labute approximate surface area is 238 Å². The summed E-state index contributed by atoms with van der Waals surface area (Å²) in [6.07, 6.45) is 8.72. The second kappa shape index (κ2) is 11.0. The Morgan fingerprint density at radius 2 is 1.95 bits per heavy atom. The number of tetrazole rings is 1. The van der Waals surface area contributed by atoms with E-state index >= 15 is 4.39 Å². The number of nitrogens with zero attached hydrogens (tertiary/aromatic N) is 7. The van der Waals surface area contributed by atoms with E-state index < -0.39 is 11.9 Å². The summed E-state index contributed by atoms with van der Waals surface area (Å²) in [7, 11) is 1.30. The number of nitrogens with one attached hydrogen (secondary N) is 1. The van der Waals surface area contributed by atoms with Gasteiger partial charge < -0.3 is 9.94 Å². The number of hydrogen-bond donors (Lipinski definition) is 1. The molecule has 2 aromatic carbocycles. The Bertz CT molecular complexity index is 1700. The molecule has 1 saturated carbocycles. The highest BCUT2D eigenvalue weighted by molar-refractivity contribution is 6.31. The maximum absolute atomic E-state index is 15.3. The molecular formula is C28H24ClFN8O3. The summed E-state index contributed by atoms with van der Waals surface area (Å²) >= 11 is 6.10. The normalized spacial score (nSPS) is 13.6. The fourth-order valence-corrected chi connectivity index (χ4v) is 4.94. The smallest absolute Gasteiger partial charge is 0.411 e. The topological polar surface area (TPSA) is 127 Å². The Balaban J connectivity index is 1.33. The number of anilines is 1. The zero-order chi connectivity index (χ0) is 28.5. The number of ether oxygens (including phenoxy) is 1. The molecule has 5 aromatic rings. The Morgan fingerprint density at radius 1 is 1.17 bits per heavy atom. The van der Waals surface area contributed by atoms with Crippen molar-refractivity contribution in [2.24, 2.45) is 5.92 Å². The van der Waals surface area contributed by atoms with Crippen molar-refractivity contribution in [1.29, 1.82) is 0 Å². The minimum atomic E-state index is -0.675. The summed E-state index contributed by atoms with van der Waals surface area (Å²) in [5, 5.41) is 31.7. The van der Waals surface area contributed by atoms with E-state index in [1.165, 1.54) is 30.4 Å². The Hall–Kier alpha value is -4.84. The van der Waals surface area contributed by atoms with E-state index in [0.717, 1.165) is 35.1 Å². The van der Waals surface area contributed by atoms with E-state index in [-0.39, 0.29) is 16.6 Å². The zero-order valence-electron chi connectivity index (χ0n) is 21.8. The molecule has 1 atom stereocenters. The van der Waals surface area contributed by atoms with Crippen molar-refractivity contribution in [2.45, 2.75) is 25.3 Å². The molecule has 3 heterocycles. The van der Waals surface area contributed by atoms with Gasteiger partial charge in [0, 0.05) is 23.5 Å². The molecule has 3 aromatic heterocycles. The van der Waals surface area contributed by atoms with Crippen LogP contribution in [0.15, 0.2) is 73.4 Å². The van der Waals surface area contributed by atoms with E-state index in [4.69, 9.17) is 11.6 Å². The number of amides is 1. The average Bonchev–Trinajstić information content (AvgIpc) is 3.41. The van der Waals surface area contributed by atoms with Crippen LogP contribution in [0.3, 0.4) is 0 Å². The first kappa shape index (κ1) is 26.4. The Morgan fingerprint density at radius 3 is 2.63 bits per heavy atom. The van der Waals surface area contributed by atoms with Gasteiger partial charge in [0.05, 0.1) is 35.1 Å². The molecule has 13 heteroatoms. The lowest BCUT2D eigenvalue weighted by Crippen LogP contribution is -2.35. The van der Waals surface area contributed by atoms with Gasteiger partial charge in [-0.05, 0) is 58.7 Å². The number of aromatic nitrogens is 7. The van der Waals surface area contributed by atoms with Gasteiger partial charge in [-0.1, -0.05) is 36.6 Å². The molecular weight excluding hydrogens is 551 g/mol. The molecule has 41 heavy (non-hydrogen) atoms. The molecule has 6 rings (SSSR count). The van der Waals surface area contributed by atoms with Gasteiger partial charge >= 0.3 is 6.09 Å². The molecule has 208 valence electrons. The van der Waals surface area contributed by atoms with Gasteiger partial charge in [0.2, 0.25) is 5.69 Å². The first-order valence-electron chi connectivity index (χ1n) is 12.9. The van der Waals surface area contributed by atoms with E-state index in [9.17, 15) is 10.0 Å². The highest BCUT2D eigenvalue weighted by Crippen LogP contribution is 2.39. The monoisotopic (exact) mass is 574 g/mol. The van der Waals surface area contributed by atoms with Crippen molar-refractivity contribution < 1.29 is 18.7 Å². The fraction of sp³-hybridized carbons (Fsp3) is 0.214. The second-order valence-electron chi connectivity index (χ2n) is 9.78. The van der Waals surface area contributed by atoms with Crippen molar-refractivity contribution in [3.8, 4) is 27.9 Å². The van der Waals surface area contributed by atoms with Gasteiger partial charge in [0.15, 0.2) is 12.0 Å². The van der Waals surface area contributed by atoms with Crippen LogP contribution in [0.4, 0.5) is 14.9 Å². The highest BCUT2D eigenvalue weighted by Gasteiger charge is 2.32. The maximum atomic E-state index is 15.3. The van der Waals surface area contributed by atoms with Crippen LogP contribution >= 0.6 is 11.6 Å². The summed E-state index contributed by atoms with van der Waals surface area (Å²) in [6.45, 7) is 0. The summed E-state index contributed by atoms with van der Waals surface area (Å²) < 4.78 is 23.8. The molecule has 11 nitrogen and oxygen atoms in total. The largest absolute Gasteiger partial charge is 0.618 e. The number of halogens is 2. The predicted octanol–water partition coefficient (Wildman–Crippen LogP) is 5.19. The van der Waals surface area contributed by atoms with Crippen molar-refractivity contribution in [1.82, 2.24) is 30.0 Å². The third-order valence-electron chi connectivity index (χ3n) is 7.07. The number of pyridine rings is 1. The lowest BCUT2D eigenvalue weighted by Gasteiger charge is -2.18. The molecule has 0 aliphatic heterocycles. The minimum absolute atomic E-state index is 0.0804. The van der Waals surface area contributed by atoms with Crippen LogP contribution < -0.4 is 10.0 Å². The number of rotatable bonds is 8. The van der Waals surface area contributed by atoms with Gasteiger partial charge in [-0.15, -0.1) is 5.10 Å². The van der Waals surface area contributed by atoms with Gasteiger partial charge in [-0.2, -0.15) is 14.5 Å². The minimum Gasteiger partial charge on any atom is -0.618 e. The van der Waals surface area contributed by atoms with Crippen LogP contribution in [0.25, 0.3) is 27.9 Å².